The van der Waals surface area contributed by atoms with Crippen LogP contribution in [0.3, 0.4) is 0 Å². The van der Waals surface area contributed by atoms with Gasteiger partial charge in [0.05, 0.1) is 0 Å². The van der Waals surface area contributed by atoms with Gasteiger partial charge in [-0.15, -0.1) is 0 Å². The second-order valence-corrected chi connectivity index (χ2v) is 7.09. The zero-order chi connectivity index (χ0) is 15.8. The quantitative estimate of drug-likeness (QED) is 0.909. The van der Waals surface area contributed by atoms with Crippen molar-refractivity contribution in [2.75, 3.05) is 31.1 Å². The summed E-state index contributed by atoms with van der Waals surface area (Å²) in [4.78, 5) is 4.83. The van der Waals surface area contributed by atoms with Crippen molar-refractivity contribution >= 4 is 5.69 Å². The second-order valence-electron chi connectivity index (χ2n) is 7.09. The Hall–Kier alpha value is -1.13. The molecule has 4 heteroatoms. The van der Waals surface area contributed by atoms with Crippen LogP contribution in [-0.2, 0) is 0 Å². The molecule has 0 saturated carbocycles. The fraction of sp³-hybridized carbons (Fsp3) is 0.647. The van der Waals surface area contributed by atoms with E-state index in [1.165, 1.54) is 0 Å². The van der Waals surface area contributed by atoms with E-state index in [0.717, 1.165) is 37.4 Å². The maximum atomic E-state index is 13.8. The molecule has 0 bridgehead atoms. The summed E-state index contributed by atoms with van der Waals surface area (Å²) in [5.74, 6) is -0.167. The predicted molar refractivity (Wildman–Crippen MR) is 87.3 cm³/mol. The van der Waals surface area contributed by atoms with E-state index in [0.29, 0.717) is 5.56 Å². The molecule has 2 rings (SSSR count). The number of aryl methyl sites for hydroxylation is 1. The van der Waals surface area contributed by atoms with E-state index < -0.39 is 0 Å². The molecule has 1 aliphatic heterocycles. The third-order valence-electron chi connectivity index (χ3n) is 4.37. The highest BCUT2D eigenvalue weighted by atomic mass is 19.1. The third-order valence-corrected chi connectivity index (χ3v) is 4.37. The van der Waals surface area contributed by atoms with Gasteiger partial charge in [-0.3, -0.25) is 4.90 Å². The zero-order valence-electron chi connectivity index (χ0n) is 13.9. The molecule has 0 unspecified atom stereocenters. The Bertz CT molecular complexity index is 497. The Kier molecular flexibility index (Phi) is 4.59. The van der Waals surface area contributed by atoms with E-state index in [4.69, 9.17) is 5.73 Å². The molecule has 1 aromatic rings. The van der Waals surface area contributed by atoms with Gasteiger partial charge in [0.25, 0.3) is 0 Å². The fourth-order valence-corrected chi connectivity index (χ4v) is 2.94. The Balaban J connectivity index is 2.22. The minimum Gasteiger partial charge on any atom is -0.369 e. The van der Waals surface area contributed by atoms with Crippen molar-refractivity contribution in [1.82, 2.24) is 4.90 Å². The molecule has 0 radical (unpaired) electrons. The highest BCUT2D eigenvalue weighted by Gasteiger charge is 2.27. The van der Waals surface area contributed by atoms with Crippen LogP contribution in [0.2, 0.25) is 0 Å². The van der Waals surface area contributed by atoms with Crippen molar-refractivity contribution < 1.29 is 4.39 Å². The molecule has 21 heavy (non-hydrogen) atoms. The summed E-state index contributed by atoms with van der Waals surface area (Å²) >= 11 is 0. The zero-order valence-corrected chi connectivity index (χ0v) is 13.9. The Labute approximate surface area is 127 Å². The molecule has 1 heterocycles. The van der Waals surface area contributed by atoms with Gasteiger partial charge in [0, 0.05) is 43.4 Å². The van der Waals surface area contributed by atoms with Gasteiger partial charge in [-0.2, -0.15) is 0 Å². The molecular weight excluding hydrogens is 265 g/mol. The number of halogens is 1. The monoisotopic (exact) mass is 293 g/mol. The smallest absolute Gasteiger partial charge is 0.126 e. The van der Waals surface area contributed by atoms with Crippen LogP contribution < -0.4 is 10.6 Å². The lowest BCUT2D eigenvalue weighted by Gasteiger charge is -2.43. The maximum absolute atomic E-state index is 13.8. The minimum absolute atomic E-state index is 0.157. The molecule has 0 spiro atoms. The van der Waals surface area contributed by atoms with Gasteiger partial charge < -0.3 is 10.6 Å². The van der Waals surface area contributed by atoms with Crippen LogP contribution in [0.4, 0.5) is 10.1 Å². The average Bonchev–Trinajstić information content (AvgIpc) is 2.40. The van der Waals surface area contributed by atoms with Crippen LogP contribution >= 0.6 is 0 Å². The largest absolute Gasteiger partial charge is 0.369 e. The van der Waals surface area contributed by atoms with Crippen LogP contribution in [0, 0.1) is 12.7 Å². The van der Waals surface area contributed by atoms with Crippen LogP contribution in [0.25, 0.3) is 0 Å². The lowest BCUT2D eigenvalue weighted by atomic mass is 10.0. The van der Waals surface area contributed by atoms with E-state index in [1.807, 2.05) is 19.9 Å². The first-order chi connectivity index (χ1) is 9.70. The molecule has 1 fully saturated rings. The van der Waals surface area contributed by atoms with Crippen LogP contribution in [0.1, 0.15) is 44.9 Å². The normalized spacial score (nSPS) is 18.9. The number of hydrogen-bond donors (Lipinski definition) is 1. The third kappa shape index (κ3) is 3.55. The van der Waals surface area contributed by atoms with E-state index in [9.17, 15) is 4.39 Å². The lowest BCUT2D eigenvalue weighted by molar-refractivity contribution is 0.128. The molecule has 1 aromatic carbocycles. The van der Waals surface area contributed by atoms with Crippen molar-refractivity contribution in [1.29, 1.82) is 0 Å². The maximum Gasteiger partial charge on any atom is 0.126 e. The molecule has 1 saturated heterocycles. The summed E-state index contributed by atoms with van der Waals surface area (Å²) in [5.41, 5.74) is 8.92. The molecule has 3 nitrogen and oxygen atoms in total. The van der Waals surface area contributed by atoms with Gasteiger partial charge in [0.15, 0.2) is 0 Å². The summed E-state index contributed by atoms with van der Waals surface area (Å²) in [6.07, 6.45) is 0. The molecule has 2 N–H and O–H groups in total. The van der Waals surface area contributed by atoms with Gasteiger partial charge in [-0.25, -0.2) is 4.39 Å². The Morgan fingerprint density at radius 3 is 2.19 bits per heavy atom. The van der Waals surface area contributed by atoms with Gasteiger partial charge >= 0.3 is 0 Å². The highest BCUT2D eigenvalue weighted by Crippen LogP contribution is 2.30. The second kappa shape index (κ2) is 5.93. The summed E-state index contributed by atoms with van der Waals surface area (Å²) in [5, 5.41) is 0. The van der Waals surface area contributed by atoms with Gasteiger partial charge in [-0.1, -0.05) is 0 Å². The Morgan fingerprint density at radius 2 is 1.71 bits per heavy atom. The van der Waals surface area contributed by atoms with Crippen molar-refractivity contribution in [3.05, 3.63) is 29.1 Å². The highest BCUT2D eigenvalue weighted by molar-refractivity contribution is 5.57. The Morgan fingerprint density at radius 1 is 1.14 bits per heavy atom. The van der Waals surface area contributed by atoms with Crippen LogP contribution in [0.5, 0.6) is 0 Å². The van der Waals surface area contributed by atoms with Gasteiger partial charge in [0.2, 0.25) is 0 Å². The van der Waals surface area contributed by atoms with Crippen molar-refractivity contribution in [3.63, 3.8) is 0 Å². The molecule has 118 valence electrons. The minimum atomic E-state index is -0.167. The fourth-order valence-electron chi connectivity index (χ4n) is 2.94. The van der Waals surface area contributed by atoms with E-state index in [1.54, 1.807) is 6.07 Å². The number of nitrogens with zero attached hydrogens (tertiary/aromatic N) is 2. The van der Waals surface area contributed by atoms with E-state index >= 15 is 0 Å². The summed E-state index contributed by atoms with van der Waals surface area (Å²) in [6.45, 7) is 14.4. The first-order valence-electron chi connectivity index (χ1n) is 7.76. The number of piperazine rings is 1. The number of rotatable bonds is 2. The SMILES string of the molecule is Cc1cc(N2CCN(C(C)(C)C)CC2)c([C@H](C)N)cc1F. The van der Waals surface area contributed by atoms with Crippen molar-refractivity contribution in [3.8, 4) is 0 Å². The van der Waals surface area contributed by atoms with E-state index in [2.05, 4.69) is 30.6 Å². The average molecular weight is 293 g/mol. The van der Waals surface area contributed by atoms with Gasteiger partial charge in [0.1, 0.15) is 5.82 Å². The molecule has 1 aliphatic rings. The number of benzene rings is 1. The molecule has 0 amide bonds. The first-order valence-corrected chi connectivity index (χ1v) is 7.76. The lowest BCUT2D eigenvalue weighted by Crippen LogP contribution is -2.53. The molecule has 0 aliphatic carbocycles. The van der Waals surface area contributed by atoms with Crippen LogP contribution in [0.15, 0.2) is 12.1 Å². The summed E-state index contributed by atoms with van der Waals surface area (Å²) in [7, 11) is 0. The number of hydrogen-bond acceptors (Lipinski definition) is 3. The molecule has 1 atom stereocenters. The van der Waals surface area contributed by atoms with Crippen molar-refractivity contribution in [2.24, 2.45) is 5.73 Å². The first kappa shape index (κ1) is 16.2. The number of anilines is 1. The molecular formula is C17H28FN3. The standard InChI is InChI=1S/C17H28FN3/c1-12-10-16(14(13(2)19)11-15(12)18)20-6-8-21(9-7-20)17(3,4)5/h10-11,13H,6-9,19H2,1-5H3/t13-/m0/s1. The van der Waals surface area contributed by atoms with Crippen LogP contribution in [-0.4, -0.2) is 36.6 Å². The van der Waals surface area contributed by atoms with Crippen molar-refractivity contribution in [2.45, 2.75) is 46.2 Å². The van der Waals surface area contributed by atoms with E-state index in [-0.39, 0.29) is 17.4 Å². The predicted octanol–water partition coefficient (Wildman–Crippen LogP) is 3.07. The summed E-state index contributed by atoms with van der Waals surface area (Å²) in [6, 6.07) is 3.39. The topological polar surface area (TPSA) is 32.5 Å². The number of nitrogens with two attached hydrogens (primary N) is 1. The molecule has 0 aromatic heterocycles. The van der Waals surface area contributed by atoms with Gasteiger partial charge in [-0.05, 0) is 57.9 Å². The summed E-state index contributed by atoms with van der Waals surface area (Å²) < 4.78 is 13.8.